The number of carbonyl (C=O) groups excluding carboxylic acids is 1. The first-order valence-electron chi connectivity index (χ1n) is 5.02. The fourth-order valence-corrected chi connectivity index (χ4v) is 4.64. The van der Waals surface area contributed by atoms with Crippen molar-refractivity contribution in [3.05, 3.63) is 0 Å². The van der Waals surface area contributed by atoms with Gasteiger partial charge in [-0.05, 0) is 12.7 Å². The molecule has 1 aromatic rings. The quantitative estimate of drug-likeness (QED) is 0.622. The average Bonchev–Trinajstić information content (AvgIpc) is 2.76. The Kier molecular flexibility index (Phi) is 4.10. The lowest BCUT2D eigenvalue weighted by molar-refractivity contribution is -0.140. The topological polar surface area (TPSA) is 52.1 Å². The summed E-state index contributed by atoms with van der Waals surface area (Å²) in [6, 6.07) is 0. The summed E-state index contributed by atoms with van der Waals surface area (Å²) in [4.78, 5) is 11.4. The normalized spacial score (nSPS) is 24.8. The molecule has 0 spiro atoms. The Morgan fingerprint density at radius 1 is 1.50 bits per heavy atom. The predicted molar refractivity (Wildman–Crippen MR) is 66.1 cm³/mol. The van der Waals surface area contributed by atoms with Gasteiger partial charge in [-0.25, -0.2) is 0 Å². The van der Waals surface area contributed by atoms with Crippen molar-refractivity contribution < 1.29 is 9.53 Å². The van der Waals surface area contributed by atoms with Gasteiger partial charge in [-0.1, -0.05) is 41.8 Å². The molecule has 16 heavy (non-hydrogen) atoms. The van der Waals surface area contributed by atoms with Crippen LogP contribution in [0, 0.1) is 0 Å². The minimum absolute atomic E-state index is 0.0300. The zero-order chi connectivity index (χ0) is 11.5. The number of aromatic nitrogens is 2. The van der Waals surface area contributed by atoms with Crippen LogP contribution in [0.1, 0.15) is 20.3 Å². The second-order valence-electron chi connectivity index (χ2n) is 3.36. The summed E-state index contributed by atoms with van der Waals surface area (Å²) < 4.78 is 6.91. The molecule has 1 aliphatic heterocycles. The molecule has 0 bridgehead atoms. The third kappa shape index (κ3) is 2.89. The summed E-state index contributed by atoms with van der Waals surface area (Å²) in [6.07, 6.45) is 0.793. The largest absolute Gasteiger partial charge is 0.462 e. The smallest absolute Gasteiger partial charge is 0.319 e. The van der Waals surface area contributed by atoms with Crippen LogP contribution in [-0.2, 0) is 9.53 Å². The maximum Gasteiger partial charge on any atom is 0.319 e. The summed E-state index contributed by atoms with van der Waals surface area (Å²) in [5.74, 6) is 0.860. The van der Waals surface area contributed by atoms with Crippen LogP contribution in [0.4, 0.5) is 0 Å². The Hall–Kier alpha value is -0.270. The van der Waals surface area contributed by atoms with E-state index in [0.29, 0.717) is 0 Å². The van der Waals surface area contributed by atoms with E-state index in [0.717, 1.165) is 20.9 Å². The zero-order valence-corrected chi connectivity index (χ0v) is 11.5. The molecule has 0 unspecified atom stereocenters. The van der Waals surface area contributed by atoms with Gasteiger partial charge in [0.25, 0.3) is 0 Å². The van der Waals surface area contributed by atoms with Crippen LogP contribution in [0.25, 0.3) is 0 Å². The first-order chi connectivity index (χ1) is 7.69. The third-order valence-electron chi connectivity index (χ3n) is 2.03. The molecule has 0 aliphatic carbocycles. The minimum atomic E-state index is -0.127. The van der Waals surface area contributed by atoms with Crippen molar-refractivity contribution in [1.29, 1.82) is 0 Å². The van der Waals surface area contributed by atoms with Gasteiger partial charge >= 0.3 is 5.97 Å². The SMILES string of the molecule is CCSc1nnc(S[C@H]2C[C@H](C)OC2=O)s1. The third-order valence-corrected chi connectivity index (χ3v) is 5.25. The van der Waals surface area contributed by atoms with Crippen LogP contribution in [0.3, 0.4) is 0 Å². The number of hydrogen-bond acceptors (Lipinski definition) is 7. The molecule has 2 atom stereocenters. The molecule has 0 saturated carbocycles. The summed E-state index contributed by atoms with van der Waals surface area (Å²) in [5.41, 5.74) is 0. The van der Waals surface area contributed by atoms with Gasteiger partial charge in [0.1, 0.15) is 11.4 Å². The van der Waals surface area contributed by atoms with Crippen LogP contribution in [0.2, 0.25) is 0 Å². The van der Waals surface area contributed by atoms with Crippen molar-refractivity contribution in [3.8, 4) is 0 Å². The van der Waals surface area contributed by atoms with Gasteiger partial charge in [0.2, 0.25) is 0 Å². The van der Waals surface area contributed by atoms with Gasteiger partial charge in [-0.15, -0.1) is 10.2 Å². The fraction of sp³-hybridized carbons (Fsp3) is 0.667. The van der Waals surface area contributed by atoms with Crippen molar-refractivity contribution in [2.24, 2.45) is 0 Å². The molecule has 1 aliphatic rings. The summed E-state index contributed by atoms with van der Waals surface area (Å²) in [6.45, 7) is 3.99. The molecular weight excluding hydrogens is 264 g/mol. The Bertz CT molecular complexity index is 383. The molecule has 2 heterocycles. The van der Waals surface area contributed by atoms with Crippen molar-refractivity contribution in [3.63, 3.8) is 0 Å². The number of hydrogen-bond donors (Lipinski definition) is 0. The van der Waals surface area contributed by atoms with E-state index in [1.54, 1.807) is 23.1 Å². The van der Waals surface area contributed by atoms with E-state index in [4.69, 9.17) is 4.74 Å². The van der Waals surface area contributed by atoms with Gasteiger partial charge in [0, 0.05) is 6.42 Å². The van der Waals surface area contributed by atoms with Gasteiger partial charge < -0.3 is 4.74 Å². The number of carbonyl (C=O) groups is 1. The second kappa shape index (κ2) is 5.37. The minimum Gasteiger partial charge on any atom is -0.462 e. The van der Waals surface area contributed by atoms with Crippen molar-refractivity contribution in [2.75, 3.05) is 5.75 Å². The highest BCUT2D eigenvalue weighted by atomic mass is 32.2. The maximum absolute atomic E-state index is 11.4. The predicted octanol–water partition coefficient (Wildman–Crippen LogP) is 2.45. The van der Waals surface area contributed by atoms with Crippen molar-refractivity contribution in [1.82, 2.24) is 10.2 Å². The van der Waals surface area contributed by atoms with E-state index in [1.165, 1.54) is 11.8 Å². The highest BCUT2D eigenvalue weighted by molar-refractivity contribution is 8.03. The van der Waals surface area contributed by atoms with E-state index in [9.17, 15) is 4.79 Å². The molecule has 0 N–H and O–H groups in total. The fourth-order valence-electron chi connectivity index (χ4n) is 1.36. The molecule has 88 valence electrons. The Labute approximate surface area is 107 Å². The molecule has 1 aromatic heterocycles. The van der Waals surface area contributed by atoms with Crippen LogP contribution < -0.4 is 0 Å². The standard InChI is InChI=1S/C9H12N2O2S3/c1-3-14-8-10-11-9(16-8)15-6-4-5(2)13-7(6)12/h5-6H,3-4H2,1-2H3/t5-,6-/m0/s1. The summed E-state index contributed by atoms with van der Waals surface area (Å²) >= 11 is 4.68. The molecule has 2 rings (SSSR count). The number of esters is 1. The van der Waals surface area contributed by atoms with Gasteiger partial charge in [0.05, 0.1) is 0 Å². The van der Waals surface area contributed by atoms with E-state index < -0.39 is 0 Å². The van der Waals surface area contributed by atoms with E-state index in [-0.39, 0.29) is 17.3 Å². The first kappa shape index (κ1) is 12.2. The molecule has 1 fully saturated rings. The average molecular weight is 276 g/mol. The molecular formula is C9H12N2O2S3. The highest BCUT2D eigenvalue weighted by Crippen LogP contribution is 2.35. The molecule has 0 aromatic carbocycles. The number of ether oxygens (including phenoxy) is 1. The molecule has 1 saturated heterocycles. The molecule has 7 heteroatoms. The molecule has 0 amide bonds. The van der Waals surface area contributed by atoms with E-state index in [2.05, 4.69) is 17.1 Å². The summed E-state index contributed by atoms with van der Waals surface area (Å²) in [7, 11) is 0. The number of rotatable bonds is 4. The van der Waals surface area contributed by atoms with Crippen molar-refractivity contribution in [2.45, 2.75) is 40.3 Å². The van der Waals surface area contributed by atoms with Crippen LogP contribution >= 0.6 is 34.9 Å². The summed E-state index contributed by atoms with van der Waals surface area (Å²) in [5, 5.41) is 8.00. The Balaban J connectivity index is 1.95. The first-order valence-corrected chi connectivity index (χ1v) is 7.70. The Morgan fingerprint density at radius 3 is 2.88 bits per heavy atom. The lowest BCUT2D eigenvalue weighted by Crippen LogP contribution is -2.08. The number of cyclic esters (lactones) is 1. The molecule has 4 nitrogen and oxygen atoms in total. The molecule has 0 radical (unpaired) electrons. The van der Waals surface area contributed by atoms with Gasteiger partial charge in [0.15, 0.2) is 8.68 Å². The van der Waals surface area contributed by atoms with Crippen LogP contribution in [0.5, 0.6) is 0 Å². The number of thioether (sulfide) groups is 2. The second-order valence-corrected chi connectivity index (χ2v) is 7.30. The van der Waals surface area contributed by atoms with E-state index in [1.807, 2.05) is 6.92 Å². The van der Waals surface area contributed by atoms with Crippen LogP contribution in [0.15, 0.2) is 8.68 Å². The number of nitrogens with zero attached hydrogens (tertiary/aromatic N) is 2. The van der Waals surface area contributed by atoms with Gasteiger partial charge in [-0.3, -0.25) is 4.79 Å². The van der Waals surface area contributed by atoms with E-state index >= 15 is 0 Å². The van der Waals surface area contributed by atoms with Crippen molar-refractivity contribution >= 4 is 40.8 Å². The maximum atomic E-state index is 11.4. The lowest BCUT2D eigenvalue weighted by atomic mass is 10.3. The highest BCUT2D eigenvalue weighted by Gasteiger charge is 2.33. The lowest BCUT2D eigenvalue weighted by Gasteiger charge is -1.99. The van der Waals surface area contributed by atoms with Crippen LogP contribution in [-0.4, -0.2) is 33.3 Å². The van der Waals surface area contributed by atoms with Gasteiger partial charge in [-0.2, -0.15) is 0 Å². The zero-order valence-electron chi connectivity index (χ0n) is 9.00. The Morgan fingerprint density at radius 2 is 2.25 bits per heavy atom. The monoisotopic (exact) mass is 276 g/mol.